The van der Waals surface area contributed by atoms with Crippen LogP contribution in [0.5, 0.6) is 0 Å². The first-order chi connectivity index (χ1) is 7.74. The Kier molecular flexibility index (Phi) is 6.18. The summed E-state index contributed by atoms with van der Waals surface area (Å²) in [6.45, 7) is 2.11. The van der Waals surface area contributed by atoms with E-state index in [1.807, 2.05) is 0 Å². The molecule has 0 fully saturated rings. The number of ether oxygens (including phenoxy) is 1. The molecule has 1 nitrogen and oxygen atoms in total. The Balaban J connectivity index is 0.000000810. The van der Waals surface area contributed by atoms with Crippen molar-refractivity contribution in [3.63, 3.8) is 0 Å². The first-order valence-electron chi connectivity index (χ1n) is 5.33. The van der Waals surface area contributed by atoms with Gasteiger partial charge in [0.1, 0.15) is 0 Å². The Bertz CT molecular complexity index is 503. The molecule has 2 aliphatic carbocycles. The second-order valence-electron chi connectivity index (χ2n) is 4.12. The number of hydrogen-bond acceptors (Lipinski definition) is 1. The van der Waals surface area contributed by atoms with Gasteiger partial charge in [-0.2, -0.15) is 0 Å². The summed E-state index contributed by atoms with van der Waals surface area (Å²) in [5.74, 6) is 1.07. The van der Waals surface area contributed by atoms with Gasteiger partial charge in [-0.25, -0.2) is 0 Å². The number of hydrogen-bond donors (Lipinski definition) is 0. The molecule has 5 heteroatoms. The van der Waals surface area contributed by atoms with Crippen LogP contribution in [0.15, 0.2) is 55.0 Å². The van der Waals surface area contributed by atoms with Crippen molar-refractivity contribution in [1.82, 2.24) is 0 Å². The molecule has 0 saturated carbocycles. The van der Waals surface area contributed by atoms with Crippen molar-refractivity contribution in [2.45, 2.75) is 17.2 Å². The number of fused-ring (bicyclic) bond motifs is 1. The molecule has 0 radical (unpaired) electrons. The predicted octanol–water partition coefficient (Wildman–Crippen LogP) is -2.23. The monoisotopic (exact) mass is 422 g/mol. The smallest absolute Gasteiger partial charge is 1.00 e. The van der Waals surface area contributed by atoms with Crippen LogP contribution >= 0.6 is 15.9 Å². The minimum Gasteiger partial charge on any atom is -1.00 e. The van der Waals surface area contributed by atoms with Crippen LogP contribution in [0.2, 0.25) is 0 Å². The molecule has 18 heavy (non-hydrogen) atoms. The van der Waals surface area contributed by atoms with Gasteiger partial charge in [0.05, 0.1) is 0 Å². The topological polar surface area (TPSA) is 9.23 Å². The van der Waals surface area contributed by atoms with Crippen molar-refractivity contribution >= 4 is 15.9 Å². The fourth-order valence-corrected chi connectivity index (χ4v) is 6.16. The molecule has 3 aliphatic rings. The van der Waals surface area contributed by atoms with Crippen molar-refractivity contribution in [3.8, 4) is 0 Å². The van der Waals surface area contributed by atoms with Gasteiger partial charge in [0, 0.05) is 0 Å². The molecule has 0 saturated heterocycles. The quantitative estimate of drug-likeness (QED) is 0.487. The summed E-state index contributed by atoms with van der Waals surface area (Å²) in [6, 6.07) is 0. The summed E-state index contributed by atoms with van der Waals surface area (Å²) < 4.78 is 9.26. The molecule has 0 amide bonds. The number of halogens is 3. The van der Waals surface area contributed by atoms with E-state index in [0.29, 0.717) is 3.81 Å². The fourth-order valence-electron chi connectivity index (χ4n) is 2.04. The van der Waals surface area contributed by atoms with Crippen molar-refractivity contribution in [3.05, 3.63) is 55.0 Å². The molecule has 94 valence electrons. The van der Waals surface area contributed by atoms with Gasteiger partial charge < -0.3 is 24.8 Å². The minimum absolute atomic E-state index is 0. The van der Waals surface area contributed by atoms with Crippen LogP contribution in [0.4, 0.5) is 0 Å². The van der Waals surface area contributed by atoms with E-state index in [1.54, 1.807) is 3.28 Å². The SMILES string of the molecule is CC1=CC2=C(Br)[CH]([Zr+2][C]3=CC=CC3)OC2=C1.[Cl-].[Cl-]. The number of allylic oxidation sites excluding steroid dienone is 7. The maximum atomic E-state index is 6.02. The average molecular weight is 425 g/mol. The summed E-state index contributed by atoms with van der Waals surface area (Å²) in [5.41, 5.74) is 2.56. The van der Waals surface area contributed by atoms with Gasteiger partial charge in [0.25, 0.3) is 0 Å². The fraction of sp³-hybridized carbons (Fsp3) is 0.231. The van der Waals surface area contributed by atoms with E-state index in [2.05, 4.69) is 53.2 Å². The zero-order valence-electron chi connectivity index (χ0n) is 9.71. The van der Waals surface area contributed by atoms with E-state index in [4.69, 9.17) is 4.74 Å². The minimum atomic E-state index is -0.634. The van der Waals surface area contributed by atoms with Gasteiger partial charge in [-0.15, -0.1) is 0 Å². The zero-order chi connectivity index (χ0) is 11.1. The zero-order valence-corrected chi connectivity index (χ0v) is 15.3. The maximum absolute atomic E-state index is 6.02. The van der Waals surface area contributed by atoms with E-state index in [9.17, 15) is 0 Å². The van der Waals surface area contributed by atoms with E-state index in [1.165, 1.54) is 15.6 Å². The van der Waals surface area contributed by atoms with Crippen LogP contribution in [0.3, 0.4) is 0 Å². The summed E-state index contributed by atoms with van der Waals surface area (Å²) >= 11 is 3.08. The predicted molar refractivity (Wildman–Crippen MR) is 64.5 cm³/mol. The summed E-state index contributed by atoms with van der Waals surface area (Å²) in [5, 5.41) is 0. The molecule has 1 unspecified atom stereocenters. The molecule has 1 heterocycles. The molecular formula is C13H11BrCl2OZr. The Hall–Kier alpha value is 0.443. The molecule has 0 bridgehead atoms. The molecular weight excluding hydrogens is 414 g/mol. The van der Waals surface area contributed by atoms with Crippen LogP contribution in [0.25, 0.3) is 0 Å². The first kappa shape index (κ1) is 16.5. The van der Waals surface area contributed by atoms with Crippen LogP contribution < -0.4 is 24.8 Å². The molecule has 1 atom stereocenters. The molecule has 0 spiro atoms. The molecule has 0 aromatic carbocycles. The Morgan fingerprint density at radius 1 is 1.33 bits per heavy atom. The third-order valence-electron chi connectivity index (χ3n) is 2.82. The summed E-state index contributed by atoms with van der Waals surface area (Å²) in [4.78, 5) is 0. The third kappa shape index (κ3) is 3.12. The van der Waals surface area contributed by atoms with Gasteiger partial charge in [0.2, 0.25) is 0 Å². The summed E-state index contributed by atoms with van der Waals surface area (Å²) in [7, 11) is 0. The largest absolute Gasteiger partial charge is 1.00 e. The van der Waals surface area contributed by atoms with Crippen LogP contribution in [-0.4, -0.2) is 3.81 Å². The Labute approximate surface area is 140 Å². The molecule has 0 aromatic heterocycles. The standard InChI is InChI=1S/C8H6BrO.C5H5.2ClH.Zr/c1-5-2-6-7(9)4-10-8(6)3-5;1-2-4-5-3-1;;;/h2-4H,1H3;1-3H,4H2;2*1H;/q;;;;+2/p-2. The van der Waals surface area contributed by atoms with Crippen molar-refractivity contribution in [2.24, 2.45) is 0 Å². The van der Waals surface area contributed by atoms with E-state index < -0.39 is 23.2 Å². The van der Waals surface area contributed by atoms with Crippen LogP contribution in [-0.2, 0) is 28.0 Å². The molecule has 0 N–H and O–H groups in total. The van der Waals surface area contributed by atoms with E-state index in [0.717, 1.165) is 12.2 Å². The molecule has 1 aliphatic heterocycles. The van der Waals surface area contributed by atoms with Crippen molar-refractivity contribution < 1.29 is 52.8 Å². The second kappa shape index (κ2) is 6.74. The second-order valence-corrected chi connectivity index (χ2v) is 8.56. The third-order valence-corrected chi connectivity index (χ3v) is 8.16. The van der Waals surface area contributed by atoms with Gasteiger partial charge in [-0.1, -0.05) is 0 Å². The van der Waals surface area contributed by atoms with Gasteiger partial charge >= 0.3 is 116 Å². The molecule has 3 rings (SSSR count). The average Bonchev–Trinajstić information content (AvgIpc) is 2.90. The van der Waals surface area contributed by atoms with Crippen LogP contribution in [0.1, 0.15) is 13.3 Å². The van der Waals surface area contributed by atoms with E-state index >= 15 is 0 Å². The Morgan fingerprint density at radius 3 is 2.72 bits per heavy atom. The van der Waals surface area contributed by atoms with Crippen molar-refractivity contribution in [1.29, 1.82) is 0 Å². The maximum Gasteiger partial charge on any atom is -1.00 e. The van der Waals surface area contributed by atoms with Gasteiger partial charge in [-0.05, 0) is 0 Å². The van der Waals surface area contributed by atoms with Gasteiger partial charge in [0.15, 0.2) is 0 Å². The van der Waals surface area contributed by atoms with Gasteiger partial charge in [-0.3, -0.25) is 0 Å². The Morgan fingerprint density at radius 2 is 2.11 bits per heavy atom. The van der Waals surface area contributed by atoms with E-state index in [-0.39, 0.29) is 24.8 Å². The first-order valence-corrected chi connectivity index (χ1v) is 8.77. The summed E-state index contributed by atoms with van der Waals surface area (Å²) in [6.07, 6.45) is 12.2. The normalized spacial score (nSPS) is 23.2. The number of rotatable bonds is 2. The van der Waals surface area contributed by atoms with Crippen LogP contribution in [0, 0.1) is 0 Å². The molecule has 0 aromatic rings. The van der Waals surface area contributed by atoms with Crippen molar-refractivity contribution in [2.75, 3.05) is 0 Å².